The van der Waals surface area contributed by atoms with Crippen LogP contribution < -0.4 is 10.0 Å². The molecular formula is C8H16N4O2S. The summed E-state index contributed by atoms with van der Waals surface area (Å²) in [7, 11) is -1.71. The van der Waals surface area contributed by atoms with Crippen molar-refractivity contribution in [2.45, 2.75) is 13.0 Å². The van der Waals surface area contributed by atoms with Crippen LogP contribution >= 0.6 is 0 Å². The van der Waals surface area contributed by atoms with E-state index in [0.29, 0.717) is 6.54 Å². The summed E-state index contributed by atoms with van der Waals surface area (Å²) in [6.45, 7) is 2.35. The standard InChI is InChI=1S/C8H16N4O2S/c1-7(8-3-4-11-12-8)10-5-6-15(13,14)9-2/h3-4,7,9-10H,5-6H2,1-2H3,(H,11,12). The zero-order valence-corrected chi connectivity index (χ0v) is 9.63. The number of rotatable bonds is 6. The van der Waals surface area contributed by atoms with Crippen molar-refractivity contribution in [2.24, 2.45) is 0 Å². The largest absolute Gasteiger partial charge is 0.308 e. The molecule has 86 valence electrons. The third-order valence-corrected chi connectivity index (χ3v) is 3.48. The fourth-order valence-electron chi connectivity index (χ4n) is 1.13. The zero-order chi connectivity index (χ0) is 11.3. The molecule has 0 saturated carbocycles. The Morgan fingerprint density at radius 3 is 2.87 bits per heavy atom. The predicted molar refractivity (Wildman–Crippen MR) is 57.9 cm³/mol. The molecule has 1 unspecified atom stereocenters. The summed E-state index contributed by atoms with van der Waals surface area (Å²) in [4.78, 5) is 0. The SMILES string of the molecule is CNS(=O)(=O)CCNC(C)c1ccn[nH]1. The highest BCUT2D eigenvalue weighted by atomic mass is 32.2. The van der Waals surface area contributed by atoms with Gasteiger partial charge in [0.2, 0.25) is 10.0 Å². The average molecular weight is 232 g/mol. The first kappa shape index (κ1) is 12.2. The number of nitrogens with zero attached hydrogens (tertiary/aromatic N) is 1. The maximum atomic E-state index is 11.1. The summed E-state index contributed by atoms with van der Waals surface area (Å²) in [5.41, 5.74) is 0.942. The predicted octanol–water partition coefficient (Wildman–Crippen LogP) is -0.390. The van der Waals surface area contributed by atoms with Crippen LogP contribution in [0.4, 0.5) is 0 Å². The summed E-state index contributed by atoms with van der Waals surface area (Å²) >= 11 is 0. The van der Waals surface area contributed by atoms with Gasteiger partial charge in [-0.25, -0.2) is 13.1 Å². The van der Waals surface area contributed by atoms with E-state index in [1.807, 2.05) is 13.0 Å². The Balaban J connectivity index is 2.33. The average Bonchev–Trinajstić information content (AvgIpc) is 2.70. The Morgan fingerprint density at radius 1 is 1.60 bits per heavy atom. The summed E-state index contributed by atoms with van der Waals surface area (Å²) in [5.74, 6) is 0.0714. The van der Waals surface area contributed by atoms with Gasteiger partial charge in [0.15, 0.2) is 0 Å². The van der Waals surface area contributed by atoms with Crippen LogP contribution in [0.25, 0.3) is 0 Å². The van der Waals surface area contributed by atoms with Crippen molar-refractivity contribution < 1.29 is 8.42 Å². The first-order chi connectivity index (χ1) is 7.05. The number of sulfonamides is 1. The molecule has 0 aliphatic rings. The molecule has 0 spiro atoms. The topological polar surface area (TPSA) is 86.9 Å². The van der Waals surface area contributed by atoms with Gasteiger partial charge in [0.05, 0.1) is 11.4 Å². The lowest BCUT2D eigenvalue weighted by Gasteiger charge is -2.11. The van der Waals surface area contributed by atoms with Crippen LogP contribution in [-0.4, -0.2) is 38.0 Å². The van der Waals surface area contributed by atoms with E-state index < -0.39 is 10.0 Å². The number of H-pyrrole nitrogens is 1. The van der Waals surface area contributed by atoms with Crippen LogP contribution in [0.1, 0.15) is 18.7 Å². The lowest BCUT2D eigenvalue weighted by molar-refractivity contribution is 0.560. The summed E-state index contributed by atoms with van der Waals surface area (Å²) in [6, 6.07) is 1.92. The van der Waals surface area contributed by atoms with Crippen molar-refractivity contribution >= 4 is 10.0 Å². The monoisotopic (exact) mass is 232 g/mol. The molecule has 0 aliphatic carbocycles. The summed E-state index contributed by atoms with van der Waals surface area (Å²) in [6.07, 6.45) is 1.66. The molecule has 0 radical (unpaired) electrons. The second-order valence-electron chi connectivity index (χ2n) is 3.21. The summed E-state index contributed by atoms with van der Waals surface area (Å²) < 4.78 is 24.5. The van der Waals surface area contributed by atoms with Gasteiger partial charge in [-0.2, -0.15) is 5.10 Å². The Labute approximate surface area is 89.5 Å². The second kappa shape index (κ2) is 5.24. The first-order valence-corrected chi connectivity index (χ1v) is 6.34. The van der Waals surface area contributed by atoms with Crippen molar-refractivity contribution in [1.82, 2.24) is 20.2 Å². The Kier molecular flexibility index (Phi) is 4.25. The van der Waals surface area contributed by atoms with Crippen molar-refractivity contribution in [3.05, 3.63) is 18.0 Å². The molecule has 0 aromatic carbocycles. The van der Waals surface area contributed by atoms with Gasteiger partial charge in [-0.3, -0.25) is 5.10 Å². The van der Waals surface area contributed by atoms with E-state index in [-0.39, 0.29) is 11.8 Å². The molecule has 7 heteroatoms. The molecular weight excluding hydrogens is 216 g/mol. The van der Waals surface area contributed by atoms with Crippen molar-refractivity contribution in [3.63, 3.8) is 0 Å². The molecule has 0 fully saturated rings. The molecule has 1 atom stereocenters. The van der Waals surface area contributed by atoms with Gasteiger partial charge in [-0.1, -0.05) is 0 Å². The Bertz CT molecular complexity index is 373. The number of aromatic amines is 1. The van der Waals surface area contributed by atoms with Crippen LogP contribution in [0.3, 0.4) is 0 Å². The van der Waals surface area contributed by atoms with E-state index >= 15 is 0 Å². The van der Waals surface area contributed by atoms with E-state index in [2.05, 4.69) is 20.2 Å². The van der Waals surface area contributed by atoms with E-state index in [4.69, 9.17) is 0 Å². The fourth-order valence-corrected chi connectivity index (χ4v) is 1.72. The van der Waals surface area contributed by atoms with Crippen LogP contribution in [0.15, 0.2) is 12.3 Å². The van der Waals surface area contributed by atoms with E-state index in [1.54, 1.807) is 6.20 Å². The molecule has 0 saturated heterocycles. The van der Waals surface area contributed by atoms with Gasteiger partial charge < -0.3 is 5.32 Å². The van der Waals surface area contributed by atoms with Gasteiger partial charge >= 0.3 is 0 Å². The van der Waals surface area contributed by atoms with Crippen molar-refractivity contribution in [2.75, 3.05) is 19.3 Å². The molecule has 1 heterocycles. The maximum absolute atomic E-state index is 11.1. The lowest BCUT2D eigenvalue weighted by Crippen LogP contribution is -2.31. The molecule has 3 N–H and O–H groups in total. The molecule has 0 amide bonds. The van der Waals surface area contributed by atoms with E-state index in [1.165, 1.54) is 7.05 Å². The minimum Gasteiger partial charge on any atom is -0.308 e. The van der Waals surface area contributed by atoms with Crippen LogP contribution in [-0.2, 0) is 10.0 Å². The van der Waals surface area contributed by atoms with Crippen LogP contribution in [0, 0.1) is 0 Å². The van der Waals surface area contributed by atoms with Gasteiger partial charge in [0, 0.05) is 18.8 Å². The molecule has 0 bridgehead atoms. The van der Waals surface area contributed by atoms with Gasteiger partial charge in [0.25, 0.3) is 0 Å². The third kappa shape index (κ3) is 3.98. The lowest BCUT2D eigenvalue weighted by atomic mass is 10.2. The van der Waals surface area contributed by atoms with E-state index in [0.717, 1.165) is 5.69 Å². The fraction of sp³-hybridized carbons (Fsp3) is 0.625. The van der Waals surface area contributed by atoms with Gasteiger partial charge in [-0.05, 0) is 20.0 Å². The number of nitrogens with one attached hydrogen (secondary N) is 3. The minimum atomic E-state index is -3.12. The number of aromatic nitrogens is 2. The minimum absolute atomic E-state index is 0.0690. The van der Waals surface area contributed by atoms with Gasteiger partial charge in [-0.15, -0.1) is 0 Å². The molecule has 1 rings (SSSR count). The number of hydrogen-bond acceptors (Lipinski definition) is 4. The normalized spacial score (nSPS) is 14.0. The zero-order valence-electron chi connectivity index (χ0n) is 8.82. The van der Waals surface area contributed by atoms with Crippen molar-refractivity contribution in [3.8, 4) is 0 Å². The quantitative estimate of drug-likeness (QED) is 0.623. The molecule has 0 aliphatic heterocycles. The van der Waals surface area contributed by atoms with Crippen LogP contribution in [0.5, 0.6) is 0 Å². The van der Waals surface area contributed by atoms with Crippen LogP contribution in [0.2, 0.25) is 0 Å². The molecule has 1 aromatic rings. The molecule has 15 heavy (non-hydrogen) atoms. The highest BCUT2D eigenvalue weighted by Crippen LogP contribution is 2.06. The van der Waals surface area contributed by atoms with E-state index in [9.17, 15) is 8.42 Å². The van der Waals surface area contributed by atoms with Gasteiger partial charge in [0.1, 0.15) is 0 Å². The third-order valence-electron chi connectivity index (χ3n) is 2.12. The smallest absolute Gasteiger partial charge is 0.212 e. The first-order valence-electron chi connectivity index (χ1n) is 4.69. The highest BCUT2D eigenvalue weighted by molar-refractivity contribution is 7.89. The second-order valence-corrected chi connectivity index (χ2v) is 5.26. The Morgan fingerprint density at radius 2 is 2.33 bits per heavy atom. The molecule has 1 aromatic heterocycles. The highest BCUT2D eigenvalue weighted by Gasteiger charge is 2.09. The maximum Gasteiger partial charge on any atom is 0.212 e. The van der Waals surface area contributed by atoms with Crippen molar-refractivity contribution in [1.29, 1.82) is 0 Å². The summed E-state index contributed by atoms with van der Waals surface area (Å²) in [5, 5.41) is 9.73. The molecule has 6 nitrogen and oxygen atoms in total. The number of hydrogen-bond donors (Lipinski definition) is 3. The Hall–Kier alpha value is -0.920.